The van der Waals surface area contributed by atoms with Gasteiger partial charge in [-0.15, -0.1) is 0 Å². The first-order valence-corrected chi connectivity index (χ1v) is 7.20. The van der Waals surface area contributed by atoms with Crippen molar-refractivity contribution in [2.45, 2.75) is 25.2 Å². The van der Waals surface area contributed by atoms with Gasteiger partial charge in [0.25, 0.3) is 0 Å². The standard InChI is InChI=1S/C16H19NO3/c18-15(17-7-6-12(10-17)16(19)20)9-13-8-14(13)11-4-2-1-3-5-11/h1-5,12-14H,6-10H2,(H,19,20)/t12?,13-,14-/m0/s1. The van der Waals surface area contributed by atoms with Crippen LogP contribution in [0.4, 0.5) is 0 Å². The van der Waals surface area contributed by atoms with Crippen molar-refractivity contribution in [1.29, 1.82) is 0 Å². The number of aliphatic carboxylic acids is 1. The minimum atomic E-state index is -0.783. The Labute approximate surface area is 118 Å². The van der Waals surface area contributed by atoms with E-state index in [4.69, 9.17) is 5.11 Å². The molecule has 1 aliphatic carbocycles. The van der Waals surface area contributed by atoms with Crippen molar-refractivity contribution in [3.63, 3.8) is 0 Å². The van der Waals surface area contributed by atoms with E-state index in [9.17, 15) is 9.59 Å². The Balaban J connectivity index is 1.51. The van der Waals surface area contributed by atoms with Crippen LogP contribution in [-0.4, -0.2) is 35.0 Å². The van der Waals surface area contributed by atoms with Crippen molar-refractivity contribution < 1.29 is 14.7 Å². The summed E-state index contributed by atoms with van der Waals surface area (Å²) in [5.74, 6) is -0.0825. The van der Waals surface area contributed by atoms with E-state index < -0.39 is 5.97 Å². The van der Waals surface area contributed by atoms with Crippen LogP contribution in [0.25, 0.3) is 0 Å². The summed E-state index contributed by atoms with van der Waals surface area (Å²) in [5, 5.41) is 8.96. The van der Waals surface area contributed by atoms with Crippen molar-refractivity contribution >= 4 is 11.9 Å². The number of nitrogens with zero attached hydrogens (tertiary/aromatic N) is 1. The number of carbonyl (C=O) groups excluding carboxylic acids is 1. The van der Waals surface area contributed by atoms with Crippen molar-refractivity contribution in [2.75, 3.05) is 13.1 Å². The maximum atomic E-state index is 12.2. The summed E-state index contributed by atoms with van der Waals surface area (Å²) >= 11 is 0. The highest BCUT2D eigenvalue weighted by Gasteiger charge is 2.41. The Hall–Kier alpha value is -1.84. The van der Waals surface area contributed by atoms with Gasteiger partial charge in [0.15, 0.2) is 0 Å². The van der Waals surface area contributed by atoms with Crippen LogP contribution in [0.5, 0.6) is 0 Å². The SMILES string of the molecule is O=C(O)C1CCN(C(=O)C[C@@H]2C[C@H]2c2ccccc2)C1. The third-order valence-electron chi connectivity index (χ3n) is 4.48. The molecule has 0 radical (unpaired) electrons. The summed E-state index contributed by atoms with van der Waals surface area (Å²) in [6.07, 6.45) is 2.23. The van der Waals surface area contributed by atoms with E-state index in [0.29, 0.717) is 37.8 Å². The van der Waals surface area contributed by atoms with Crippen LogP contribution in [0.2, 0.25) is 0 Å². The molecule has 1 N–H and O–H groups in total. The second kappa shape index (κ2) is 5.27. The molecule has 3 rings (SSSR count). The lowest BCUT2D eigenvalue weighted by atomic mass is 10.1. The third kappa shape index (κ3) is 2.69. The van der Waals surface area contributed by atoms with Gasteiger partial charge >= 0.3 is 5.97 Å². The topological polar surface area (TPSA) is 57.6 Å². The quantitative estimate of drug-likeness (QED) is 0.914. The van der Waals surface area contributed by atoms with Gasteiger partial charge in [0.05, 0.1) is 5.92 Å². The average molecular weight is 273 g/mol. The van der Waals surface area contributed by atoms with Gasteiger partial charge in [-0.05, 0) is 30.2 Å². The zero-order valence-electron chi connectivity index (χ0n) is 11.4. The monoisotopic (exact) mass is 273 g/mol. The molecule has 1 aromatic rings. The van der Waals surface area contributed by atoms with Crippen LogP contribution >= 0.6 is 0 Å². The summed E-state index contributed by atoms with van der Waals surface area (Å²) in [4.78, 5) is 24.8. The molecule has 0 bridgehead atoms. The van der Waals surface area contributed by atoms with Crippen LogP contribution in [0.3, 0.4) is 0 Å². The van der Waals surface area contributed by atoms with Crippen molar-refractivity contribution in [1.82, 2.24) is 4.90 Å². The molecule has 1 saturated carbocycles. The average Bonchev–Trinajstić information content (AvgIpc) is 3.02. The summed E-state index contributed by atoms with van der Waals surface area (Å²) in [5.41, 5.74) is 1.31. The Morgan fingerprint density at radius 1 is 1.25 bits per heavy atom. The molecule has 4 nitrogen and oxygen atoms in total. The van der Waals surface area contributed by atoms with E-state index in [1.165, 1.54) is 5.56 Å². The summed E-state index contributed by atoms with van der Waals surface area (Å²) in [6.45, 7) is 0.982. The van der Waals surface area contributed by atoms with E-state index >= 15 is 0 Å². The lowest BCUT2D eigenvalue weighted by molar-refractivity contribution is -0.141. The Morgan fingerprint density at radius 3 is 2.65 bits per heavy atom. The lowest BCUT2D eigenvalue weighted by Crippen LogP contribution is -2.30. The molecule has 2 fully saturated rings. The second-order valence-electron chi connectivity index (χ2n) is 5.88. The van der Waals surface area contributed by atoms with Gasteiger partial charge in [-0.1, -0.05) is 30.3 Å². The molecule has 0 spiro atoms. The number of carboxylic acids is 1. The molecule has 1 amide bonds. The predicted molar refractivity (Wildman–Crippen MR) is 74.2 cm³/mol. The van der Waals surface area contributed by atoms with E-state index in [-0.39, 0.29) is 11.8 Å². The molecule has 1 unspecified atom stereocenters. The van der Waals surface area contributed by atoms with E-state index in [2.05, 4.69) is 12.1 Å². The number of hydrogen-bond acceptors (Lipinski definition) is 2. The number of likely N-dealkylation sites (tertiary alicyclic amines) is 1. The number of rotatable bonds is 4. The van der Waals surface area contributed by atoms with Crippen LogP contribution in [0, 0.1) is 11.8 Å². The molecule has 3 atom stereocenters. The zero-order chi connectivity index (χ0) is 14.1. The van der Waals surface area contributed by atoms with E-state index in [1.807, 2.05) is 18.2 Å². The molecular formula is C16H19NO3. The Bertz CT molecular complexity index is 514. The van der Waals surface area contributed by atoms with Crippen molar-refractivity contribution in [3.05, 3.63) is 35.9 Å². The van der Waals surface area contributed by atoms with Gasteiger partial charge < -0.3 is 10.0 Å². The number of hydrogen-bond donors (Lipinski definition) is 1. The van der Waals surface area contributed by atoms with Crippen molar-refractivity contribution in [2.24, 2.45) is 11.8 Å². The van der Waals surface area contributed by atoms with E-state index in [0.717, 1.165) is 6.42 Å². The van der Waals surface area contributed by atoms with Crippen LogP contribution in [-0.2, 0) is 9.59 Å². The molecule has 1 heterocycles. The Morgan fingerprint density at radius 2 is 2.00 bits per heavy atom. The fraction of sp³-hybridized carbons (Fsp3) is 0.500. The molecular weight excluding hydrogens is 254 g/mol. The summed E-state index contributed by atoms with van der Waals surface area (Å²) in [6, 6.07) is 10.3. The Kier molecular flexibility index (Phi) is 3.47. The van der Waals surface area contributed by atoms with Gasteiger partial charge in [0.1, 0.15) is 0 Å². The zero-order valence-corrected chi connectivity index (χ0v) is 11.4. The summed E-state index contributed by atoms with van der Waals surface area (Å²) in [7, 11) is 0. The maximum Gasteiger partial charge on any atom is 0.308 e. The first-order chi connectivity index (χ1) is 9.65. The molecule has 2 aliphatic rings. The van der Waals surface area contributed by atoms with Gasteiger partial charge in [-0.25, -0.2) is 0 Å². The maximum absolute atomic E-state index is 12.2. The first kappa shape index (κ1) is 13.2. The summed E-state index contributed by atoms with van der Waals surface area (Å²) < 4.78 is 0. The molecule has 1 aliphatic heterocycles. The number of carboxylic acid groups (broad SMARTS) is 1. The predicted octanol–water partition coefficient (Wildman–Crippen LogP) is 2.11. The van der Waals surface area contributed by atoms with Gasteiger partial charge in [-0.3, -0.25) is 9.59 Å². The first-order valence-electron chi connectivity index (χ1n) is 7.20. The van der Waals surface area contributed by atoms with Crippen LogP contribution in [0.15, 0.2) is 30.3 Å². The molecule has 4 heteroatoms. The third-order valence-corrected chi connectivity index (χ3v) is 4.48. The largest absolute Gasteiger partial charge is 0.481 e. The normalized spacial score (nSPS) is 28.4. The smallest absolute Gasteiger partial charge is 0.308 e. The van der Waals surface area contributed by atoms with Crippen molar-refractivity contribution in [3.8, 4) is 0 Å². The molecule has 0 aromatic heterocycles. The minimum absolute atomic E-state index is 0.122. The highest BCUT2D eigenvalue weighted by molar-refractivity contribution is 5.79. The van der Waals surface area contributed by atoms with Gasteiger partial charge in [-0.2, -0.15) is 0 Å². The number of benzene rings is 1. The number of amides is 1. The molecule has 106 valence electrons. The van der Waals surface area contributed by atoms with E-state index in [1.54, 1.807) is 4.90 Å². The highest BCUT2D eigenvalue weighted by atomic mass is 16.4. The fourth-order valence-electron chi connectivity index (χ4n) is 3.12. The van der Waals surface area contributed by atoms with Crippen LogP contribution in [0.1, 0.15) is 30.7 Å². The fourth-order valence-corrected chi connectivity index (χ4v) is 3.12. The molecule has 1 aromatic carbocycles. The van der Waals surface area contributed by atoms with Gasteiger partial charge in [0.2, 0.25) is 5.91 Å². The van der Waals surface area contributed by atoms with Gasteiger partial charge in [0, 0.05) is 19.5 Å². The minimum Gasteiger partial charge on any atom is -0.481 e. The lowest BCUT2D eigenvalue weighted by Gasteiger charge is -2.15. The molecule has 1 saturated heterocycles. The second-order valence-corrected chi connectivity index (χ2v) is 5.88. The molecule has 20 heavy (non-hydrogen) atoms. The number of carbonyl (C=O) groups is 2. The van der Waals surface area contributed by atoms with Crippen LogP contribution < -0.4 is 0 Å². The highest BCUT2D eigenvalue weighted by Crippen LogP contribution is 2.49.